The van der Waals surface area contributed by atoms with Crippen LogP contribution in [-0.2, 0) is 24.3 Å². The molecule has 128 valence electrons. The fraction of sp³-hybridized carbons (Fsp3) is 0.471. The lowest BCUT2D eigenvalue weighted by atomic mass is 10.1. The molecule has 1 amide bonds. The normalized spacial score (nSPS) is 15.7. The molecule has 2 aromatic rings. The summed E-state index contributed by atoms with van der Waals surface area (Å²) in [6, 6.07) is 8.13. The maximum atomic E-state index is 12.4. The van der Waals surface area contributed by atoms with Gasteiger partial charge in [-0.2, -0.15) is 4.98 Å². The summed E-state index contributed by atoms with van der Waals surface area (Å²) < 4.78 is 5.01. The molecular formula is C17H23N5O2. The van der Waals surface area contributed by atoms with Crippen LogP contribution in [0.2, 0.25) is 0 Å². The van der Waals surface area contributed by atoms with Crippen LogP contribution in [0.1, 0.15) is 22.8 Å². The Hall–Kier alpha value is -2.25. The number of aromatic nitrogens is 2. The van der Waals surface area contributed by atoms with Gasteiger partial charge in [0.2, 0.25) is 11.8 Å². The van der Waals surface area contributed by atoms with Crippen LogP contribution in [0.5, 0.6) is 0 Å². The van der Waals surface area contributed by atoms with E-state index in [9.17, 15) is 4.79 Å². The summed E-state index contributed by atoms with van der Waals surface area (Å²) in [6.07, 6.45) is 0.463. The highest BCUT2D eigenvalue weighted by atomic mass is 16.5. The summed E-state index contributed by atoms with van der Waals surface area (Å²) in [4.78, 5) is 20.8. The second-order valence-electron chi connectivity index (χ2n) is 6.13. The summed E-state index contributed by atoms with van der Waals surface area (Å²) in [6.45, 7) is 6.01. The molecule has 3 rings (SSSR count). The smallest absolute Gasteiger partial charge is 0.240 e. The SMILES string of the molecule is Cc1ccc(CC(=O)N2CCN(Cc3noc(CN)n3)CC2)cc1. The van der Waals surface area contributed by atoms with Gasteiger partial charge in [-0.15, -0.1) is 0 Å². The van der Waals surface area contributed by atoms with Crippen molar-refractivity contribution in [3.05, 3.63) is 47.1 Å². The average molecular weight is 329 g/mol. The zero-order valence-corrected chi connectivity index (χ0v) is 13.9. The number of carbonyl (C=O) groups excluding carboxylic acids is 1. The number of nitrogens with zero attached hydrogens (tertiary/aromatic N) is 4. The van der Waals surface area contributed by atoms with E-state index in [1.807, 2.05) is 36.1 Å². The molecule has 7 heteroatoms. The topological polar surface area (TPSA) is 88.5 Å². The lowest BCUT2D eigenvalue weighted by Gasteiger charge is -2.34. The molecule has 2 heterocycles. The molecule has 0 saturated carbocycles. The predicted octanol–water partition coefficient (Wildman–Crippen LogP) is 0.724. The highest BCUT2D eigenvalue weighted by Gasteiger charge is 2.22. The van der Waals surface area contributed by atoms with Crippen molar-refractivity contribution in [2.24, 2.45) is 5.73 Å². The largest absolute Gasteiger partial charge is 0.340 e. The number of hydrogen-bond acceptors (Lipinski definition) is 6. The Balaban J connectivity index is 1.47. The van der Waals surface area contributed by atoms with Crippen molar-refractivity contribution < 1.29 is 9.32 Å². The Bertz CT molecular complexity index is 675. The molecule has 24 heavy (non-hydrogen) atoms. The van der Waals surface area contributed by atoms with E-state index in [-0.39, 0.29) is 12.5 Å². The van der Waals surface area contributed by atoms with E-state index in [2.05, 4.69) is 15.0 Å². The molecular weight excluding hydrogens is 306 g/mol. The van der Waals surface area contributed by atoms with Crippen LogP contribution >= 0.6 is 0 Å². The summed E-state index contributed by atoms with van der Waals surface area (Å²) in [5, 5.41) is 3.91. The van der Waals surface area contributed by atoms with Crippen LogP contribution < -0.4 is 5.73 Å². The van der Waals surface area contributed by atoms with Crippen molar-refractivity contribution >= 4 is 5.91 Å². The lowest BCUT2D eigenvalue weighted by Crippen LogP contribution is -2.48. The summed E-state index contributed by atoms with van der Waals surface area (Å²) in [5.41, 5.74) is 7.74. The maximum absolute atomic E-state index is 12.4. The van der Waals surface area contributed by atoms with Crippen LogP contribution in [0.3, 0.4) is 0 Å². The zero-order chi connectivity index (χ0) is 16.9. The van der Waals surface area contributed by atoms with Crippen LogP contribution in [0.4, 0.5) is 0 Å². The number of nitrogens with two attached hydrogens (primary N) is 1. The zero-order valence-electron chi connectivity index (χ0n) is 13.9. The van der Waals surface area contributed by atoms with Gasteiger partial charge in [0.05, 0.1) is 19.5 Å². The van der Waals surface area contributed by atoms with Gasteiger partial charge >= 0.3 is 0 Å². The van der Waals surface area contributed by atoms with Gasteiger partial charge in [0.15, 0.2) is 5.82 Å². The van der Waals surface area contributed by atoms with Crippen molar-refractivity contribution in [1.82, 2.24) is 19.9 Å². The Morgan fingerprint density at radius 1 is 1.21 bits per heavy atom. The molecule has 0 atom stereocenters. The van der Waals surface area contributed by atoms with Crippen LogP contribution in [-0.4, -0.2) is 52.0 Å². The summed E-state index contributed by atoms with van der Waals surface area (Å²) in [5.74, 6) is 1.29. The number of hydrogen-bond donors (Lipinski definition) is 1. The monoisotopic (exact) mass is 329 g/mol. The van der Waals surface area contributed by atoms with Crippen molar-refractivity contribution in [2.45, 2.75) is 26.4 Å². The third-order valence-electron chi connectivity index (χ3n) is 4.25. The van der Waals surface area contributed by atoms with E-state index < -0.39 is 0 Å². The van der Waals surface area contributed by atoms with Gasteiger partial charge in [-0.25, -0.2) is 0 Å². The lowest BCUT2D eigenvalue weighted by molar-refractivity contribution is -0.132. The van der Waals surface area contributed by atoms with Gasteiger partial charge in [0, 0.05) is 26.2 Å². The predicted molar refractivity (Wildman–Crippen MR) is 88.9 cm³/mol. The average Bonchev–Trinajstić information content (AvgIpc) is 3.05. The molecule has 1 aliphatic heterocycles. The number of benzene rings is 1. The van der Waals surface area contributed by atoms with Gasteiger partial charge < -0.3 is 15.2 Å². The van der Waals surface area contributed by atoms with Crippen LogP contribution in [0, 0.1) is 6.92 Å². The number of aryl methyl sites for hydroxylation is 1. The van der Waals surface area contributed by atoms with E-state index in [1.165, 1.54) is 5.56 Å². The van der Waals surface area contributed by atoms with Gasteiger partial charge in [0.25, 0.3) is 0 Å². The molecule has 1 aromatic heterocycles. The minimum Gasteiger partial charge on any atom is -0.340 e. The Morgan fingerprint density at radius 2 is 1.92 bits per heavy atom. The van der Waals surface area contributed by atoms with E-state index in [0.717, 1.165) is 31.7 Å². The van der Waals surface area contributed by atoms with Crippen LogP contribution in [0.15, 0.2) is 28.8 Å². The second-order valence-corrected chi connectivity index (χ2v) is 6.13. The van der Waals surface area contributed by atoms with E-state index in [1.54, 1.807) is 0 Å². The number of rotatable bonds is 5. The summed E-state index contributed by atoms with van der Waals surface area (Å²) in [7, 11) is 0. The molecule has 0 spiro atoms. The Labute approximate surface area is 141 Å². The van der Waals surface area contributed by atoms with Gasteiger partial charge in [-0.1, -0.05) is 35.0 Å². The minimum absolute atomic E-state index is 0.184. The highest BCUT2D eigenvalue weighted by Crippen LogP contribution is 2.10. The first kappa shape index (κ1) is 16.6. The third kappa shape index (κ3) is 4.18. The molecule has 0 aliphatic carbocycles. The Morgan fingerprint density at radius 3 is 2.54 bits per heavy atom. The molecule has 1 aromatic carbocycles. The molecule has 0 unspecified atom stereocenters. The van der Waals surface area contributed by atoms with Gasteiger partial charge in [-0.05, 0) is 12.5 Å². The molecule has 7 nitrogen and oxygen atoms in total. The molecule has 1 aliphatic rings. The van der Waals surface area contributed by atoms with Crippen molar-refractivity contribution in [3.63, 3.8) is 0 Å². The van der Waals surface area contributed by atoms with E-state index >= 15 is 0 Å². The number of piperazine rings is 1. The number of amides is 1. The van der Waals surface area contributed by atoms with Gasteiger partial charge in [0.1, 0.15) is 0 Å². The molecule has 2 N–H and O–H groups in total. The first-order chi connectivity index (χ1) is 11.6. The Kier molecular flexibility index (Phi) is 5.22. The fourth-order valence-electron chi connectivity index (χ4n) is 2.79. The standard InChI is InChI=1S/C17H23N5O2/c1-13-2-4-14(5-3-13)10-17(23)22-8-6-21(7-9-22)12-15-19-16(11-18)24-20-15/h2-5H,6-12,18H2,1H3. The van der Waals surface area contributed by atoms with Gasteiger partial charge in [-0.3, -0.25) is 9.69 Å². The maximum Gasteiger partial charge on any atom is 0.240 e. The quantitative estimate of drug-likeness (QED) is 0.870. The van der Waals surface area contributed by atoms with Crippen molar-refractivity contribution in [1.29, 1.82) is 0 Å². The van der Waals surface area contributed by atoms with Crippen molar-refractivity contribution in [2.75, 3.05) is 26.2 Å². The van der Waals surface area contributed by atoms with E-state index in [0.29, 0.717) is 24.7 Å². The molecule has 0 radical (unpaired) electrons. The number of carbonyl (C=O) groups is 1. The minimum atomic E-state index is 0.184. The van der Waals surface area contributed by atoms with E-state index in [4.69, 9.17) is 10.3 Å². The third-order valence-corrected chi connectivity index (χ3v) is 4.25. The molecule has 0 bridgehead atoms. The van der Waals surface area contributed by atoms with Crippen molar-refractivity contribution in [3.8, 4) is 0 Å². The molecule has 1 saturated heterocycles. The first-order valence-corrected chi connectivity index (χ1v) is 8.21. The first-order valence-electron chi connectivity index (χ1n) is 8.21. The highest BCUT2D eigenvalue weighted by molar-refractivity contribution is 5.78. The fourth-order valence-corrected chi connectivity index (χ4v) is 2.79. The second kappa shape index (κ2) is 7.55. The molecule has 1 fully saturated rings. The summed E-state index contributed by atoms with van der Waals surface area (Å²) >= 11 is 0. The van der Waals surface area contributed by atoms with Crippen LogP contribution in [0.25, 0.3) is 0 Å².